The van der Waals surface area contributed by atoms with Crippen molar-refractivity contribution in [2.75, 3.05) is 24.6 Å². The highest BCUT2D eigenvalue weighted by Gasteiger charge is 2.35. The second kappa shape index (κ2) is 6.48. The third-order valence-electron chi connectivity index (χ3n) is 4.34. The molecule has 2 aliphatic heterocycles. The molecule has 2 fully saturated rings. The lowest BCUT2D eigenvalue weighted by molar-refractivity contribution is -0.126. The van der Waals surface area contributed by atoms with Crippen molar-refractivity contribution in [1.82, 2.24) is 5.32 Å². The zero-order valence-corrected chi connectivity index (χ0v) is 12.9. The summed E-state index contributed by atoms with van der Waals surface area (Å²) in [5.74, 6) is -0.295. The summed E-state index contributed by atoms with van der Waals surface area (Å²) in [7, 11) is 0. The van der Waals surface area contributed by atoms with Crippen LogP contribution in [0.3, 0.4) is 0 Å². The van der Waals surface area contributed by atoms with Gasteiger partial charge < -0.3 is 15.0 Å². The van der Waals surface area contributed by atoms with Gasteiger partial charge in [-0.15, -0.1) is 0 Å². The van der Waals surface area contributed by atoms with Gasteiger partial charge in [-0.2, -0.15) is 0 Å². The molecule has 3 rings (SSSR count). The van der Waals surface area contributed by atoms with Crippen molar-refractivity contribution in [2.45, 2.75) is 32.3 Å². The minimum atomic E-state index is -0.269. The molecule has 0 saturated carbocycles. The average Bonchev–Trinajstić information content (AvgIpc) is 3.14. The largest absolute Gasteiger partial charge is 0.376 e. The van der Waals surface area contributed by atoms with Crippen LogP contribution in [0.15, 0.2) is 24.3 Å². The van der Waals surface area contributed by atoms with Crippen LogP contribution < -0.4 is 10.2 Å². The summed E-state index contributed by atoms with van der Waals surface area (Å²) in [6, 6.07) is 7.82. The van der Waals surface area contributed by atoms with Gasteiger partial charge in [0.05, 0.1) is 12.0 Å². The van der Waals surface area contributed by atoms with Crippen LogP contribution in [0.25, 0.3) is 0 Å². The average molecular weight is 302 g/mol. The van der Waals surface area contributed by atoms with E-state index in [4.69, 9.17) is 4.74 Å². The van der Waals surface area contributed by atoms with Crippen LogP contribution in [0.2, 0.25) is 0 Å². The fourth-order valence-corrected chi connectivity index (χ4v) is 3.09. The lowest BCUT2D eigenvalue weighted by Gasteiger charge is -2.17. The molecule has 2 saturated heterocycles. The molecule has 0 radical (unpaired) electrons. The van der Waals surface area contributed by atoms with Gasteiger partial charge in [-0.05, 0) is 37.5 Å². The summed E-state index contributed by atoms with van der Waals surface area (Å²) in [6.45, 7) is 3.78. The number of ether oxygens (including phenoxy) is 1. The molecule has 2 heterocycles. The fourth-order valence-electron chi connectivity index (χ4n) is 3.09. The molecule has 2 aliphatic rings. The van der Waals surface area contributed by atoms with E-state index in [1.165, 1.54) is 0 Å². The van der Waals surface area contributed by atoms with E-state index < -0.39 is 0 Å². The van der Waals surface area contributed by atoms with Crippen LogP contribution in [-0.2, 0) is 14.3 Å². The van der Waals surface area contributed by atoms with Gasteiger partial charge in [-0.25, -0.2) is 0 Å². The number of nitrogens with one attached hydrogen (secondary N) is 1. The minimum Gasteiger partial charge on any atom is -0.376 e. The summed E-state index contributed by atoms with van der Waals surface area (Å²) in [6.07, 6.45) is 2.47. The van der Waals surface area contributed by atoms with Crippen LogP contribution >= 0.6 is 0 Å². The molecule has 0 aliphatic carbocycles. The van der Waals surface area contributed by atoms with E-state index in [1.54, 1.807) is 4.90 Å². The molecular weight excluding hydrogens is 280 g/mol. The first-order valence-corrected chi connectivity index (χ1v) is 7.90. The van der Waals surface area contributed by atoms with Crippen molar-refractivity contribution in [1.29, 1.82) is 0 Å². The smallest absolute Gasteiger partial charge is 0.227 e. The SMILES string of the molecule is Cc1cccc(N2C[C@H](C(=O)NC[C@H]3CCCO3)CC2=O)c1. The van der Waals surface area contributed by atoms with Crippen LogP contribution in [0.4, 0.5) is 5.69 Å². The Balaban J connectivity index is 1.57. The van der Waals surface area contributed by atoms with E-state index in [-0.39, 0.29) is 30.3 Å². The highest BCUT2D eigenvalue weighted by Crippen LogP contribution is 2.25. The number of carbonyl (C=O) groups excluding carboxylic acids is 2. The Morgan fingerprint density at radius 1 is 1.45 bits per heavy atom. The second-order valence-electron chi connectivity index (χ2n) is 6.12. The summed E-state index contributed by atoms with van der Waals surface area (Å²) < 4.78 is 5.50. The highest BCUT2D eigenvalue weighted by atomic mass is 16.5. The molecule has 2 amide bonds. The Labute approximate surface area is 130 Å². The molecule has 1 N–H and O–H groups in total. The molecule has 118 valence electrons. The van der Waals surface area contributed by atoms with Gasteiger partial charge >= 0.3 is 0 Å². The molecule has 0 spiro atoms. The topological polar surface area (TPSA) is 58.6 Å². The van der Waals surface area contributed by atoms with Crippen LogP contribution in [0.5, 0.6) is 0 Å². The minimum absolute atomic E-state index is 0.0165. The molecule has 5 heteroatoms. The van der Waals surface area contributed by atoms with Crippen molar-refractivity contribution < 1.29 is 14.3 Å². The van der Waals surface area contributed by atoms with E-state index in [2.05, 4.69) is 5.32 Å². The molecular formula is C17H22N2O3. The number of benzene rings is 1. The Hall–Kier alpha value is -1.88. The number of aryl methyl sites for hydroxylation is 1. The Bertz CT molecular complexity index is 567. The first kappa shape index (κ1) is 15.0. The van der Waals surface area contributed by atoms with Gasteiger partial charge in [-0.3, -0.25) is 9.59 Å². The molecule has 5 nitrogen and oxygen atoms in total. The first-order valence-electron chi connectivity index (χ1n) is 7.90. The maximum atomic E-state index is 12.2. The normalized spacial score (nSPS) is 24.8. The van der Waals surface area contributed by atoms with Crippen molar-refractivity contribution in [3.63, 3.8) is 0 Å². The molecule has 0 aromatic heterocycles. The number of hydrogen-bond acceptors (Lipinski definition) is 3. The lowest BCUT2D eigenvalue weighted by atomic mass is 10.1. The first-order chi connectivity index (χ1) is 10.6. The third kappa shape index (κ3) is 3.30. The molecule has 0 bridgehead atoms. The third-order valence-corrected chi connectivity index (χ3v) is 4.34. The summed E-state index contributed by atoms with van der Waals surface area (Å²) in [5, 5.41) is 2.93. The summed E-state index contributed by atoms with van der Waals surface area (Å²) >= 11 is 0. The summed E-state index contributed by atoms with van der Waals surface area (Å²) in [5.41, 5.74) is 1.98. The van der Waals surface area contributed by atoms with Crippen molar-refractivity contribution >= 4 is 17.5 Å². The second-order valence-corrected chi connectivity index (χ2v) is 6.12. The predicted molar refractivity (Wildman–Crippen MR) is 83.6 cm³/mol. The lowest BCUT2D eigenvalue weighted by Crippen LogP contribution is -2.37. The Morgan fingerprint density at radius 3 is 3.05 bits per heavy atom. The van der Waals surface area contributed by atoms with Gasteiger partial charge in [0.15, 0.2) is 0 Å². The Morgan fingerprint density at radius 2 is 2.32 bits per heavy atom. The Kier molecular flexibility index (Phi) is 4.43. The van der Waals surface area contributed by atoms with E-state index in [1.807, 2.05) is 31.2 Å². The van der Waals surface area contributed by atoms with Crippen molar-refractivity contribution in [3.05, 3.63) is 29.8 Å². The predicted octanol–water partition coefficient (Wildman–Crippen LogP) is 1.64. The van der Waals surface area contributed by atoms with Gasteiger partial charge in [0.25, 0.3) is 0 Å². The van der Waals surface area contributed by atoms with E-state index >= 15 is 0 Å². The van der Waals surface area contributed by atoms with Gasteiger partial charge in [-0.1, -0.05) is 12.1 Å². The fraction of sp³-hybridized carbons (Fsp3) is 0.529. The number of rotatable bonds is 4. The number of nitrogens with zero attached hydrogens (tertiary/aromatic N) is 1. The molecule has 0 unspecified atom stereocenters. The standard InChI is InChI=1S/C17H22N2O3/c1-12-4-2-5-14(8-12)19-11-13(9-16(19)20)17(21)18-10-15-6-3-7-22-15/h2,4-5,8,13,15H,3,6-7,9-11H2,1H3,(H,18,21)/t13-,15-/m1/s1. The van der Waals surface area contributed by atoms with E-state index in [0.717, 1.165) is 30.7 Å². The maximum absolute atomic E-state index is 12.2. The van der Waals surface area contributed by atoms with Crippen molar-refractivity contribution in [2.24, 2.45) is 5.92 Å². The van der Waals surface area contributed by atoms with E-state index in [9.17, 15) is 9.59 Å². The van der Waals surface area contributed by atoms with Crippen LogP contribution in [-0.4, -0.2) is 37.6 Å². The number of anilines is 1. The zero-order valence-electron chi connectivity index (χ0n) is 12.9. The van der Waals surface area contributed by atoms with Gasteiger partial charge in [0, 0.05) is 31.8 Å². The number of hydrogen-bond donors (Lipinski definition) is 1. The maximum Gasteiger partial charge on any atom is 0.227 e. The van der Waals surface area contributed by atoms with Crippen LogP contribution in [0, 0.1) is 12.8 Å². The van der Waals surface area contributed by atoms with Crippen molar-refractivity contribution in [3.8, 4) is 0 Å². The molecule has 1 aromatic carbocycles. The zero-order chi connectivity index (χ0) is 15.5. The molecule has 2 atom stereocenters. The highest BCUT2D eigenvalue weighted by molar-refractivity contribution is 6.00. The van der Waals surface area contributed by atoms with Crippen LogP contribution in [0.1, 0.15) is 24.8 Å². The quantitative estimate of drug-likeness (QED) is 0.920. The summed E-state index contributed by atoms with van der Waals surface area (Å²) in [4.78, 5) is 26.1. The van der Waals surface area contributed by atoms with E-state index in [0.29, 0.717) is 13.1 Å². The van der Waals surface area contributed by atoms with Gasteiger partial charge in [0.2, 0.25) is 11.8 Å². The van der Waals surface area contributed by atoms with Gasteiger partial charge in [0.1, 0.15) is 0 Å². The number of amides is 2. The molecule has 1 aromatic rings. The number of carbonyl (C=O) groups is 2. The molecule has 22 heavy (non-hydrogen) atoms. The monoisotopic (exact) mass is 302 g/mol.